The Morgan fingerprint density at radius 1 is 1.42 bits per heavy atom. The molecule has 0 saturated carbocycles. The number of nitrogens with one attached hydrogen (secondary N) is 1. The summed E-state index contributed by atoms with van der Waals surface area (Å²) in [5, 5.41) is 9.11. The van der Waals surface area contributed by atoms with Crippen LogP contribution in [-0.4, -0.2) is 25.5 Å². The normalized spacial score (nSPS) is 14.9. The molecule has 2 unspecified atom stereocenters. The van der Waals surface area contributed by atoms with E-state index in [4.69, 9.17) is 5.11 Å². The first-order valence-electron chi connectivity index (χ1n) is 6.09. The molecule has 19 heavy (non-hydrogen) atoms. The summed E-state index contributed by atoms with van der Waals surface area (Å²) in [5.41, 5.74) is 0.804. The number of hydrogen-bond acceptors (Lipinski definition) is 3. The third-order valence-corrected chi connectivity index (χ3v) is 4.50. The summed E-state index contributed by atoms with van der Waals surface area (Å²) in [6, 6.07) is 5.25. The van der Waals surface area contributed by atoms with Gasteiger partial charge in [-0.1, -0.05) is 32.4 Å². The lowest BCUT2D eigenvalue weighted by molar-refractivity contribution is -0.140. The Kier molecular flexibility index (Phi) is 5.08. The number of hydrogen-bond donors (Lipinski definition) is 2. The molecule has 0 aliphatic carbocycles. The van der Waals surface area contributed by atoms with Crippen LogP contribution in [0.25, 0.3) is 0 Å². The van der Waals surface area contributed by atoms with Crippen LogP contribution >= 0.6 is 0 Å². The fraction of sp³-hybridized carbons (Fsp3) is 0.462. The maximum Gasteiger partial charge on any atom is 0.322 e. The van der Waals surface area contributed by atoms with Crippen molar-refractivity contribution in [3.63, 3.8) is 0 Å². The molecule has 0 spiro atoms. The average Bonchev–Trinajstić information content (AvgIpc) is 2.35. The lowest BCUT2D eigenvalue weighted by atomic mass is 10.0. The zero-order chi connectivity index (χ0) is 14.6. The van der Waals surface area contributed by atoms with E-state index in [0.717, 1.165) is 5.56 Å². The van der Waals surface area contributed by atoms with E-state index in [9.17, 15) is 13.2 Å². The molecule has 0 saturated heterocycles. The van der Waals surface area contributed by atoms with E-state index in [1.54, 1.807) is 26.0 Å². The van der Waals surface area contributed by atoms with Gasteiger partial charge in [0.25, 0.3) is 0 Å². The van der Waals surface area contributed by atoms with E-state index in [2.05, 4.69) is 4.72 Å². The predicted octanol–water partition coefficient (Wildman–Crippen LogP) is 1.77. The Labute approximate surface area is 113 Å². The summed E-state index contributed by atoms with van der Waals surface area (Å²) in [5.74, 6) is -1.44. The van der Waals surface area contributed by atoms with Crippen LogP contribution in [0, 0.1) is 12.8 Å². The number of sulfonamides is 1. The second-order valence-electron chi connectivity index (χ2n) is 4.64. The summed E-state index contributed by atoms with van der Waals surface area (Å²) >= 11 is 0. The highest BCUT2D eigenvalue weighted by atomic mass is 32.2. The molecule has 0 amide bonds. The van der Waals surface area contributed by atoms with Crippen molar-refractivity contribution in [1.82, 2.24) is 4.72 Å². The maximum atomic E-state index is 12.1. The lowest BCUT2D eigenvalue weighted by Gasteiger charge is -2.20. The molecule has 0 radical (unpaired) electrons. The largest absolute Gasteiger partial charge is 0.480 e. The fourth-order valence-corrected chi connectivity index (χ4v) is 3.07. The molecule has 1 aromatic carbocycles. The number of rotatable bonds is 6. The second-order valence-corrected chi connectivity index (χ2v) is 6.35. The van der Waals surface area contributed by atoms with Crippen molar-refractivity contribution in [1.29, 1.82) is 0 Å². The summed E-state index contributed by atoms with van der Waals surface area (Å²) < 4.78 is 26.6. The summed E-state index contributed by atoms with van der Waals surface area (Å²) in [6.45, 7) is 5.31. The number of carboxylic acid groups (broad SMARTS) is 1. The molecular formula is C13H19NO4S. The Morgan fingerprint density at radius 3 is 2.53 bits per heavy atom. The second kappa shape index (κ2) is 6.16. The van der Waals surface area contributed by atoms with E-state index < -0.39 is 22.0 Å². The minimum atomic E-state index is -3.81. The molecule has 0 aliphatic heterocycles. The van der Waals surface area contributed by atoms with E-state index in [-0.39, 0.29) is 10.8 Å². The lowest BCUT2D eigenvalue weighted by Crippen LogP contribution is -2.44. The molecule has 1 aromatic rings. The molecule has 0 bridgehead atoms. The van der Waals surface area contributed by atoms with Crippen LogP contribution in [0.3, 0.4) is 0 Å². The van der Waals surface area contributed by atoms with Crippen molar-refractivity contribution in [3.05, 3.63) is 29.8 Å². The Hall–Kier alpha value is -1.40. The average molecular weight is 285 g/mol. The molecule has 1 rings (SSSR count). The van der Waals surface area contributed by atoms with Gasteiger partial charge >= 0.3 is 5.97 Å². The monoisotopic (exact) mass is 285 g/mol. The SMILES string of the molecule is CCC(C)C(NS(=O)(=O)c1cccc(C)c1)C(=O)O. The third kappa shape index (κ3) is 4.04. The maximum absolute atomic E-state index is 12.1. The number of benzene rings is 1. The van der Waals surface area contributed by atoms with Crippen molar-refractivity contribution in [2.45, 2.75) is 38.1 Å². The van der Waals surface area contributed by atoms with E-state index in [0.29, 0.717) is 6.42 Å². The first-order chi connectivity index (χ1) is 8.77. The fourth-order valence-electron chi connectivity index (χ4n) is 1.66. The van der Waals surface area contributed by atoms with Crippen molar-refractivity contribution < 1.29 is 18.3 Å². The van der Waals surface area contributed by atoms with Crippen molar-refractivity contribution in [2.75, 3.05) is 0 Å². The van der Waals surface area contributed by atoms with Crippen LogP contribution in [0.4, 0.5) is 0 Å². The molecule has 0 fully saturated rings. The first-order valence-corrected chi connectivity index (χ1v) is 7.58. The standard InChI is InChI=1S/C13H19NO4S/c1-4-10(3)12(13(15)16)14-19(17,18)11-7-5-6-9(2)8-11/h5-8,10,12,14H,4H2,1-3H3,(H,15,16). The van der Waals surface area contributed by atoms with E-state index >= 15 is 0 Å². The molecule has 106 valence electrons. The molecule has 5 nitrogen and oxygen atoms in total. The minimum absolute atomic E-state index is 0.0852. The number of carbonyl (C=O) groups is 1. The van der Waals surface area contributed by atoms with Gasteiger partial charge in [0.15, 0.2) is 0 Å². The highest BCUT2D eigenvalue weighted by Gasteiger charge is 2.29. The first kappa shape index (κ1) is 15.7. The van der Waals surface area contributed by atoms with Gasteiger partial charge in [0.05, 0.1) is 4.90 Å². The van der Waals surface area contributed by atoms with Crippen molar-refractivity contribution in [3.8, 4) is 0 Å². The zero-order valence-corrected chi connectivity index (χ0v) is 12.1. The topological polar surface area (TPSA) is 83.5 Å². The van der Waals surface area contributed by atoms with Crippen molar-refractivity contribution in [2.24, 2.45) is 5.92 Å². The van der Waals surface area contributed by atoms with Crippen LogP contribution < -0.4 is 4.72 Å². The third-order valence-electron chi connectivity index (χ3n) is 3.06. The van der Waals surface area contributed by atoms with E-state index in [1.165, 1.54) is 12.1 Å². The molecule has 2 N–H and O–H groups in total. The Balaban J connectivity index is 3.04. The highest BCUT2D eigenvalue weighted by Crippen LogP contribution is 2.15. The summed E-state index contributed by atoms with van der Waals surface area (Å²) in [6.07, 6.45) is 0.577. The van der Waals surface area contributed by atoms with Gasteiger partial charge in [-0.05, 0) is 30.5 Å². The van der Waals surface area contributed by atoms with E-state index in [1.807, 2.05) is 6.92 Å². The van der Waals surface area contributed by atoms with Crippen LogP contribution in [0.15, 0.2) is 29.2 Å². The number of aryl methyl sites for hydroxylation is 1. The Morgan fingerprint density at radius 2 is 2.05 bits per heavy atom. The molecule has 2 atom stereocenters. The van der Waals surface area contributed by atoms with Gasteiger partial charge in [0.1, 0.15) is 6.04 Å². The predicted molar refractivity (Wildman–Crippen MR) is 72.4 cm³/mol. The minimum Gasteiger partial charge on any atom is -0.480 e. The molecule has 6 heteroatoms. The van der Waals surface area contributed by atoms with Gasteiger partial charge in [0, 0.05) is 0 Å². The molecular weight excluding hydrogens is 266 g/mol. The van der Waals surface area contributed by atoms with Crippen LogP contribution in [0.1, 0.15) is 25.8 Å². The zero-order valence-electron chi connectivity index (χ0n) is 11.3. The number of aliphatic carboxylic acids is 1. The van der Waals surface area contributed by atoms with Gasteiger partial charge in [-0.25, -0.2) is 8.42 Å². The van der Waals surface area contributed by atoms with Crippen molar-refractivity contribution >= 4 is 16.0 Å². The van der Waals surface area contributed by atoms with Gasteiger partial charge in [0.2, 0.25) is 10.0 Å². The van der Waals surface area contributed by atoms with Crippen LogP contribution in [-0.2, 0) is 14.8 Å². The Bertz CT molecular complexity index is 554. The molecule has 0 heterocycles. The van der Waals surface area contributed by atoms with Gasteiger partial charge in [-0.2, -0.15) is 4.72 Å². The highest BCUT2D eigenvalue weighted by molar-refractivity contribution is 7.89. The smallest absolute Gasteiger partial charge is 0.322 e. The number of carboxylic acids is 1. The van der Waals surface area contributed by atoms with Crippen LogP contribution in [0.2, 0.25) is 0 Å². The van der Waals surface area contributed by atoms with Gasteiger partial charge < -0.3 is 5.11 Å². The molecule has 0 aliphatic rings. The van der Waals surface area contributed by atoms with Gasteiger partial charge in [-0.15, -0.1) is 0 Å². The quantitative estimate of drug-likeness (QED) is 0.834. The summed E-state index contributed by atoms with van der Waals surface area (Å²) in [7, 11) is -3.81. The summed E-state index contributed by atoms with van der Waals surface area (Å²) in [4.78, 5) is 11.2. The van der Waals surface area contributed by atoms with Gasteiger partial charge in [-0.3, -0.25) is 4.79 Å². The molecule has 0 aromatic heterocycles. The van der Waals surface area contributed by atoms with Crippen LogP contribution in [0.5, 0.6) is 0 Å².